The Kier molecular flexibility index (Phi) is 4.68. The number of methoxy groups -OCH3 is 1. The molecule has 0 bridgehead atoms. The molecule has 2 amide bonds. The summed E-state index contributed by atoms with van der Waals surface area (Å²) in [5.74, 6) is 1.32. The Morgan fingerprint density at radius 2 is 2.25 bits per heavy atom. The topological polar surface area (TPSA) is 76.8 Å². The highest BCUT2D eigenvalue weighted by Gasteiger charge is 2.19. The molecular weight excluding hydrogens is 258 g/mol. The first-order valence-corrected chi connectivity index (χ1v) is 6.71. The lowest BCUT2D eigenvalue weighted by atomic mass is 10.1. The molecule has 1 saturated heterocycles. The first kappa shape index (κ1) is 14.5. The lowest BCUT2D eigenvalue weighted by molar-refractivity contribution is 0.201. The molecule has 0 aromatic heterocycles. The minimum Gasteiger partial charge on any atom is -0.493 e. The molecule has 2 rings (SSSR count). The van der Waals surface area contributed by atoms with Crippen LogP contribution < -0.4 is 20.5 Å². The van der Waals surface area contributed by atoms with E-state index in [1.54, 1.807) is 12.0 Å². The van der Waals surface area contributed by atoms with Crippen LogP contribution in [0.4, 0.5) is 4.79 Å². The highest BCUT2D eigenvalue weighted by atomic mass is 16.5. The first-order valence-electron chi connectivity index (χ1n) is 6.71. The van der Waals surface area contributed by atoms with Crippen molar-refractivity contribution in [2.75, 3.05) is 33.4 Å². The zero-order chi connectivity index (χ0) is 14.5. The Bertz CT molecular complexity index is 477. The lowest BCUT2D eigenvalue weighted by Crippen LogP contribution is -2.31. The molecule has 110 valence electrons. The SMILES string of the molecule is COc1cc([C@H](C)N)ccc1OCCN1CCNC1=O. The second-order valence-corrected chi connectivity index (χ2v) is 4.77. The molecule has 20 heavy (non-hydrogen) atoms. The maximum absolute atomic E-state index is 11.4. The maximum Gasteiger partial charge on any atom is 0.317 e. The third-order valence-electron chi connectivity index (χ3n) is 3.28. The van der Waals surface area contributed by atoms with Crippen molar-refractivity contribution in [3.8, 4) is 11.5 Å². The number of hydrogen-bond donors (Lipinski definition) is 2. The molecule has 1 atom stereocenters. The van der Waals surface area contributed by atoms with Gasteiger partial charge in [-0.25, -0.2) is 4.79 Å². The third kappa shape index (κ3) is 3.33. The Balaban J connectivity index is 1.93. The van der Waals surface area contributed by atoms with Crippen LogP contribution in [0.5, 0.6) is 11.5 Å². The fraction of sp³-hybridized carbons (Fsp3) is 0.500. The summed E-state index contributed by atoms with van der Waals surface area (Å²) in [5.41, 5.74) is 6.83. The second-order valence-electron chi connectivity index (χ2n) is 4.77. The van der Waals surface area contributed by atoms with E-state index in [1.807, 2.05) is 25.1 Å². The molecule has 0 aliphatic carbocycles. The zero-order valence-corrected chi connectivity index (χ0v) is 11.9. The zero-order valence-electron chi connectivity index (χ0n) is 11.9. The number of nitrogens with two attached hydrogens (primary N) is 1. The van der Waals surface area contributed by atoms with Gasteiger partial charge in [0.2, 0.25) is 0 Å². The standard InChI is InChI=1S/C14H21N3O3/c1-10(15)11-3-4-12(13(9-11)19-2)20-8-7-17-6-5-16-14(17)18/h3-4,9-10H,5-8,15H2,1-2H3,(H,16,18)/t10-/m0/s1. The molecule has 0 unspecified atom stereocenters. The van der Waals surface area contributed by atoms with Crippen LogP contribution in [0.2, 0.25) is 0 Å². The summed E-state index contributed by atoms with van der Waals surface area (Å²) >= 11 is 0. The molecular formula is C14H21N3O3. The number of benzene rings is 1. The van der Waals surface area contributed by atoms with Crippen LogP contribution in [0.25, 0.3) is 0 Å². The van der Waals surface area contributed by atoms with Crippen LogP contribution in [-0.4, -0.2) is 44.3 Å². The normalized spacial score (nSPS) is 15.9. The van der Waals surface area contributed by atoms with Gasteiger partial charge in [0.15, 0.2) is 11.5 Å². The van der Waals surface area contributed by atoms with Gasteiger partial charge < -0.3 is 25.4 Å². The molecule has 3 N–H and O–H groups in total. The Morgan fingerprint density at radius 3 is 2.85 bits per heavy atom. The number of ether oxygens (including phenoxy) is 2. The van der Waals surface area contributed by atoms with E-state index in [-0.39, 0.29) is 12.1 Å². The van der Waals surface area contributed by atoms with E-state index in [4.69, 9.17) is 15.2 Å². The molecule has 1 aliphatic rings. The van der Waals surface area contributed by atoms with E-state index < -0.39 is 0 Å². The fourth-order valence-corrected chi connectivity index (χ4v) is 2.08. The quantitative estimate of drug-likeness (QED) is 0.818. The van der Waals surface area contributed by atoms with Crippen LogP contribution in [-0.2, 0) is 0 Å². The first-order chi connectivity index (χ1) is 9.61. The average Bonchev–Trinajstić information content (AvgIpc) is 2.84. The Labute approximate surface area is 118 Å². The summed E-state index contributed by atoms with van der Waals surface area (Å²) in [4.78, 5) is 13.1. The second kappa shape index (κ2) is 6.47. The van der Waals surface area contributed by atoms with Crippen molar-refractivity contribution in [3.05, 3.63) is 23.8 Å². The Hall–Kier alpha value is -1.95. The number of urea groups is 1. The van der Waals surface area contributed by atoms with Gasteiger partial charge in [-0.15, -0.1) is 0 Å². The average molecular weight is 279 g/mol. The van der Waals surface area contributed by atoms with Gasteiger partial charge in [-0.1, -0.05) is 6.07 Å². The van der Waals surface area contributed by atoms with Crippen LogP contribution >= 0.6 is 0 Å². The van der Waals surface area contributed by atoms with Crippen molar-refractivity contribution in [3.63, 3.8) is 0 Å². The summed E-state index contributed by atoms with van der Waals surface area (Å²) in [6, 6.07) is 5.56. The van der Waals surface area contributed by atoms with Crippen LogP contribution in [0, 0.1) is 0 Å². The molecule has 0 saturated carbocycles. The van der Waals surface area contributed by atoms with E-state index in [0.717, 1.165) is 12.1 Å². The molecule has 1 aliphatic heterocycles. The van der Waals surface area contributed by atoms with Crippen molar-refractivity contribution >= 4 is 6.03 Å². The van der Waals surface area contributed by atoms with Crippen LogP contribution in [0.3, 0.4) is 0 Å². The van der Waals surface area contributed by atoms with Crippen molar-refractivity contribution in [2.24, 2.45) is 5.73 Å². The van der Waals surface area contributed by atoms with Crippen molar-refractivity contribution in [1.82, 2.24) is 10.2 Å². The van der Waals surface area contributed by atoms with Gasteiger partial charge in [0.1, 0.15) is 6.61 Å². The summed E-state index contributed by atoms with van der Waals surface area (Å²) in [7, 11) is 1.60. The van der Waals surface area contributed by atoms with Crippen molar-refractivity contribution < 1.29 is 14.3 Å². The largest absolute Gasteiger partial charge is 0.493 e. The van der Waals surface area contributed by atoms with Gasteiger partial charge in [-0.2, -0.15) is 0 Å². The molecule has 6 nitrogen and oxygen atoms in total. The summed E-state index contributed by atoms with van der Waals surface area (Å²) in [6.45, 7) is 4.33. The van der Waals surface area contributed by atoms with Crippen LogP contribution in [0.1, 0.15) is 18.5 Å². The Morgan fingerprint density at radius 1 is 1.45 bits per heavy atom. The summed E-state index contributed by atoms with van der Waals surface area (Å²) in [6.07, 6.45) is 0. The summed E-state index contributed by atoms with van der Waals surface area (Å²) in [5, 5.41) is 2.75. The van der Waals surface area contributed by atoms with Gasteiger partial charge in [-0.05, 0) is 24.6 Å². The molecule has 1 heterocycles. The number of carbonyl (C=O) groups is 1. The fourth-order valence-electron chi connectivity index (χ4n) is 2.08. The summed E-state index contributed by atoms with van der Waals surface area (Å²) < 4.78 is 11.0. The number of nitrogens with zero attached hydrogens (tertiary/aromatic N) is 1. The molecule has 1 fully saturated rings. The number of carbonyl (C=O) groups excluding carboxylic acids is 1. The van der Waals surface area contributed by atoms with E-state index in [0.29, 0.717) is 31.2 Å². The van der Waals surface area contributed by atoms with E-state index >= 15 is 0 Å². The highest BCUT2D eigenvalue weighted by Crippen LogP contribution is 2.29. The third-order valence-corrected chi connectivity index (χ3v) is 3.28. The molecule has 0 radical (unpaired) electrons. The van der Waals surface area contributed by atoms with Gasteiger partial charge in [0.25, 0.3) is 0 Å². The van der Waals surface area contributed by atoms with Crippen molar-refractivity contribution in [2.45, 2.75) is 13.0 Å². The van der Waals surface area contributed by atoms with Gasteiger partial charge >= 0.3 is 6.03 Å². The number of rotatable bonds is 6. The van der Waals surface area contributed by atoms with E-state index in [1.165, 1.54) is 0 Å². The number of nitrogens with one attached hydrogen (secondary N) is 1. The number of hydrogen-bond acceptors (Lipinski definition) is 4. The maximum atomic E-state index is 11.4. The lowest BCUT2D eigenvalue weighted by Gasteiger charge is -2.16. The highest BCUT2D eigenvalue weighted by molar-refractivity contribution is 5.76. The predicted octanol–water partition coefficient (Wildman–Crippen LogP) is 1.12. The van der Waals surface area contributed by atoms with Crippen molar-refractivity contribution in [1.29, 1.82) is 0 Å². The monoisotopic (exact) mass is 279 g/mol. The van der Waals surface area contributed by atoms with Gasteiger partial charge in [-0.3, -0.25) is 0 Å². The van der Waals surface area contributed by atoms with Gasteiger partial charge in [0.05, 0.1) is 13.7 Å². The predicted molar refractivity (Wildman–Crippen MR) is 76.1 cm³/mol. The van der Waals surface area contributed by atoms with E-state index in [9.17, 15) is 4.79 Å². The number of amides is 2. The molecule has 1 aromatic carbocycles. The van der Waals surface area contributed by atoms with Crippen LogP contribution in [0.15, 0.2) is 18.2 Å². The molecule has 0 spiro atoms. The minimum atomic E-state index is -0.0498. The van der Waals surface area contributed by atoms with E-state index in [2.05, 4.69) is 5.32 Å². The minimum absolute atomic E-state index is 0.0344. The van der Waals surface area contributed by atoms with Gasteiger partial charge in [0, 0.05) is 19.1 Å². The smallest absolute Gasteiger partial charge is 0.317 e. The molecule has 6 heteroatoms. The molecule has 1 aromatic rings.